The summed E-state index contributed by atoms with van der Waals surface area (Å²) in [5.74, 6) is 0.466. The van der Waals surface area contributed by atoms with Crippen molar-refractivity contribution in [2.75, 3.05) is 34.8 Å². The zero-order valence-corrected chi connectivity index (χ0v) is 14.6. The SMILES string of the molecule is COc1ccccc1[C@@H](CNC(=O)C1=NN(C)C(=O)CC1)N(C)C. The first-order valence-electron chi connectivity index (χ1n) is 7.85. The lowest BCUT2D eigenvalue weighted by atomic mass is 10.0. The molecule has 1 aromatic rings. The highest BCUT2D eigenvalue weighted by Gasteiger charge is 2.24. The minimum atomic E-state index is -0.240. The van der Waals surface area contributed by atoms with Gasteiger partial charge >= 0.3 is 0 Å². The van der Waals surface area contributed by atoms with Crippen molar-refractivity contribution < 1.29 is 14.3 Å². The molecule has 1 aromatic carbocycles. The third kappa shape index (κ3) is 4.11. The van der Waals surface area contributed by atoms with E-state index in [2.05, 4.69) is 10.4 Å². The lowest BCUT2D eigenvalue weighted by molar-refractivity contribution is -0.130. The average molecular weight is 332 g/mol. The van der Waals surface area contributed by atoms with Gasteiger partial charge in [0.25, 0.3) is 5.91 Å². The molecular formula is C17H24N4O3. The lowest BCUT2D eigenvalue weighted by Crippen LogP contribution is -2.41. The van der Waals surface area contributed by atoms with Crippen molar-refractivity contribution in [2.45, 2.75) is 18.9 Å². The summed E-state index contributed by atoms with van der Waals surface area (Å²) in [5, 5.41) is 8.18. The fourth-order valence-corrected chi connectivity index (χ4v) is 2.64. The minimum Gasteiger partial charge on any atom is -0.496 e. The van der Waals surface area contributed by atoms with E-state index in [1.54, 1.807) is 14.2 Å². The molecule has 1 N–H and O–H groups in total. The van der Waals surface area contributed by atoms with Crippen LogP contribution in [-0.4, -0.2) is 62.2 Å². The number of hydrazone groups is 1. The number of amides is 2. The predicted octanol–water partition coefficient (Wildman–Crippen LogP) is 1.02. The Balaban J connectivity index is 2.08. The molecule has 0 saturated carbocycles. The van der Waals surface area contributed by atoms with Gasteiger partial charge in [-0.05, 0) is 20.2 Å². The lowest BCUT2D eigenvalue weighted by Gasteiger charge is -2.27. The molecule has 0 unspecified atom stereocenters. The molecule has 7 nitrogen and oxygen atoms in total. The zero-order valence-electron chi connectivity index (χ0n) is 14.6. The number of hydrogen-bond acceptors (Lipinski definition) is 5. The highest BCUT2D eigenvalue weighted by molar-refractivity contribution is 6.39. The Morgan fingerprint density at radius 1 is 1.38 bits per heavy atom. The van der Waals surface area contributed by atoms with Crippen molar-refractivity contribution in [3.63, 3.8) is 0 Å². The van der Waals surface area contributed by atoms with Gasteiger partial charge in [-0.15, -0.1) is 0 Å². The van der Waals surface area contributed by atoms with Crippen molar-refractivity contribution in [3.05, 3.63) is 29.8 Å². The quantitative estimate of drug-likeness (QED) is 0.844. The fourth-order valence-electron chi connectivity index (χ4n) is 2.64. The van der Waals surface area contributed by atoms with E-state index in [-0.39, 0.29) is 17.9 Å². The molecule has 1 aliphatic heterocycles. The Bertz CT molecular complexity index is 642. The molecule has 24 heavy (non-hydrogen) atoms. The van der Waals surface area contributed by atoms with Crippen LogP contribution in [0.1, 0.15) is 24.4 Å². The Kier molecular flexibility index (Phi) is 5.92. The van der Waals surface area contributed by atoms with Gasteiger partial charge in [0.05, 0.1) is 13.2 Å². The van der Waals surface area contributed by atoms with Gasteiger partial charge < -0.3 is 15.0 Å². The Morgan fingerprint density at radius 2 is 2.08 bits per heavy atom. The number of para-hydroxylation sites is 1. The maximum atomic E-state index is 12.3. The van der Waals surface area contributed by atoms with Gasteiger partial charge in [0.2, 0.25) is 5.91 Å². The predicted molar refractivity (Wildman–Crippen MR) is 91.9 cm³/mol. The third-order valence-corrected chi connectivity index (χ3v) is 4.05. The minimum absolute atomic E-state index is 0.0337. The molecule has 1 atom stereocenters. The highest BCUT2D eigenvalue weighted by atomic mass is 16.5. The average Bonchev–Trinajstić information content (AvgIpc) is 2.57. The monoisotopic (exact) mass is 332 g/mol. The topological polar surface area (TPSA) is 74.2 Å². The normalized spacial score (nSPS) is 16.0. The Labute approximate surface area is 142 Å². The van der Waals surface area contributed by atoms with Crippen LogP contribution in [0.4, 0.5) is 0 Å². The summed E-state index contributed by atoms with van der Waals surface area (Å²) in [5.41, 5.74) is 1.39. The molecule has 1 heterocycles. The molecule has 0 bridgehead atoms. The van der Waals surface area contributed by atoms with Crippen LogP contribution in [0.15, 0.2) is 29.4 Å². The van der Waals surface area contributed by atoms with E-state index in [1.807, 2.05) is 43.3 Å². The van der Waals surface area contributed by atoms with Gasteiger partial charge in [-0.1, -0.05) is 18.2 Å². The summed E-state index contributed by atoms with van der Waals surface area (Å²) in [4.78, 5) is 25.8. The molecule has 0 fully saturated rings. The molecule has 0 aliphatic carbocycles. The van der Waals surface area contributed by atoms with Crippen LogP contribution in [0, 0.1) is 0 Å². The van der Waals surface area contributed by atoms with Crippen LogP contribution < -0.4 is 10.1 Å². The Hall–Kier alpha value is -2.41. The Morgan fingerprint density at radius 3 is 2.71 bits per heavy atom. The van der Waals surface area contributed by atoms with Gasteiger partial charge in [0.1, 0.15) is 11.5 Å². The second kappa shape index (κ2) is 7.92. The van der Waals surface area contributed by atoms with Crippen LogP contribution in [-0.2, 0) is 9.59 Å². The standard InChI is InChI=1S/C17H24N4O3/c1-20(2)14(12-7-5-6-8-15(12)24-4)11-18-17(23)13-9-10-16(22)21(3)19-13/h5-8,14H,9-11H2,1-4H3,(H,18,23)/t14-/m1/s1. The van der Waals surface area contributed by atoms with Crippen molar-refractivity contribution in [1.82, 2.24) is 15.2 Å². The van der Waals surface area contributed by atoms with Gasteiger partial charge in [-0.2, -0.15) is 5.10 Å². The number of hydrogen-bond donors (Lipinski definition) is 1. The van der Waals surface area contributed by atoms with E-state index in [0.29, 0.717) is 25.1 Å². The number of benzene rings is 1. The maximum Gasteiger partial charge on any atom is 0.267 e. The van der Waals surface area contributed by atoms with Gasteiger partial charge in [-0.3, -0.25) is 9.59 Å². The summed E-state index contributed by atoms with van der Waals surface area (Å²) in [7, 11) is 7.10. The molecule has 2 amide bonds. The van der Waals surface area contributed by atoms with Crippen LogP contribution in [0.5, 0.6) is 5.75 Å². The zero-order chi connectivity index (χ0) is 17.7. The molecule has 0 spiro atoms. The van der Waals surface area contributed by atoms with Crippen LogP contribution in [0.3, 0.4) is 0 Å². The number of nitrogens with one attached hydrogen (secondary N) is 1. The third-order valence-electron chi connectivity index (χ3n) is 4.05. The summed E-state index contributed by atoms with van der Waals surface area (Å²) in [6.07, 6.45) is 0.683. The van der Waals surface area contributed by atoms with Crippen molar-refractivity contribution in [2.24, 2.45) is 5.10 Å². The van der Waals surface area contributed by atoms with Gasteiger partial charge in [0, 0.05) is 32.0 Å². The van der Waals surface area contributed by atoms with E-state index in [1.165, 1.54) is 5.01 Å². The molecule has 0 radical (unpaired) electrons. The number of rotatable bonds is 6. The molecule has 0 saturated heterocycles. The van der Waals surface area contributed by atoms with Crippen LogP contribution >= 0.6 is 0 Å². The second-order valence-corrected chi connectivity index (χ2v) is 5.90. The number of nitrogens with zero attached hydrogens (tertiary/aromatic N) is 3. The number of carbonyl (C=O) groups excluding carboxylic acids is 2. The highest BCUT2D eigenvalue weighted by Crippen LogP contribution is 2.27. The van der Waals surface area contributed by atoms with E-state index in [4.69, 9.17) is 4.74 Å². The first-order chi connectivity index (χ1) is 11.4. The maximum absolute atomic E-state index is 12.3. The molecule has 2 rings (SSSR count). The van der Waals surface area contributed by atoms with E-state index in [0.717, 1.165) is 11.3 Å². The van der Waals surface area contributed by atoms with E-state index >= 15 is 0 Å². The first-order valence-corrected chi connectivity index (χ1v) is 7.85. The molecule has 1 aliphatic rings. The van der Waals surface area contributed by atoms with Crippen molar-refractivity contribution in [3.8, 4) is 5.75 Å². The summed E-state index contributed by atoms with van der Waals surface area (Å²) >= 11 is 0. The number of carbonyl (C=O) groups is 2. The smallest absolute Gasteiger partial charge is 0.267 e. The van der Waals surface area contributed by atoms with Crippen LogP contribution in [0.25, 0.3) is 0 Å². The van der Waals surface area contributed by atoms with E-state index < -0.39 is 0 Å². The van der Waals surface area contributed by atoms with E-state index in [9.17, 15) is 9.59 Å². The summed E-state index contributed by atoms with van der Waals surface area (Å²) in [6.45, 7) is 0.420. The number of likely N-dealkylation sites (N-methyl/N-ethyl adjacent to an activating group) is 1. The van der Waals surface area contributed by atoms with Crippen molar-refractivity contribution >= 4 is 17.5 Å². The molecule has 130 valence electrons. The van der Waals surface area contributed by atoms with Gasteiger partial charge in [-0.25, -0.2) is 5.01 Å². The number of ether oxygens (including phenoxy) is 1. The first kappa shape index (κ1) is 17.9. The summed E-state index contributed by atoms with van der Waals surface area (Å²) < 4.78 is 5.42. The fraction of sp³-hybridized carbons (Fsp3) is 0.471. The largest absolute Gasteiger partial charge is 0.496 e. The van der Waals surface area contributed by atoms with Crippen LogP contribution in [0.2, 0.25) is 0 Å². The van der Waals surface area contributed by atoms with Gasteiger partial charge in [0.15, 0.2) is 0 Å². The summed E-state index contributed by atoms with van der Waals surface area (Å²) in [6, 6.07) is 7.72. The second-order valence-electron chi connectivity index (χ2n) is 5.90. The molecule has 7 heteroatoms. The molecule has 0 aromatic heterocycles. The number of methoxy groups -OCH3 is 1. The molecular weight excluding hydrogens is 308 g/mol. The van der Waals surface area contributed by atoms with Crippen molar-refractivity contribution in [1.29, 1.82) is 0 Å².